The summed E-state index contributed by atoms with van der Waals surface area (Å²) >= 11 is 0. The molecule has 0 aromatic carbocycles. The van der Waals surface area contributed by atoms with Crippen LogP contribution in [0, 0.1) is 0 Å². The fourth-order valence-corrected chi connectivity index (χ4v) is 4.10. The van der Waals surface area contributed by atoms with E-state index in [9.17, 15) is 5.11 Å². The molecule has 3 aliphatic heterocycles. The van der Waals surface area contributed by atoms with E-state index >= 15 is 0 Å². The van der Waals surface area contributed by atoms with E-state index < -0.39 is 5.60 Å². The van der Waals surface area contributed by atoms with Gasteiger partial charge in [0.1, 0.15) is 0 Å². The summed E-state index contributed by atoms with van der Waals surface area (Å²) in [5.41, 5.74) is -0.857. The molecule has 8 nitrogen and oxygen atoms in total. The van der Waals surface area contributed by atoms with Crippen LogP contribution < -0.4 is 10.6 Å². The Balaban J connectivity index is 1.45. The van der Waals surface area contributed by atoms with Crippen LogP contribution in [0.5, 0.6) is 0 Å². The summed E-state index contributed by atoms with van der Waals surface area (Å²) in [5.74, 6) is 0.742. The number of fused-ring (bicyclic) bond motifs is 1. The van der Waals surface area contributed by atoms with Gasteiger partial charge in [-0.3, -0.25) is 14.8 Å². The van der Waals surface area contributed by atoms with Gasteiger partial charge in [-0.05, 0) is 33.2 Å². The van der Waals surface area contributed by atoms with E-state index in [2.05, 4.69) is 32.3 Å². The van der Waals surface area contributed by atoms with Gasteiger partial charge in [-0.15, -0.1) is 0 Å². The summed E-state index contributed by atoms with van der Waals surface area (Å²) in [5, 5.41) is 17.4. The van der Waals surface area contributed by atoms with E-state index in [4.69, 9.17) is 9.47 Å². The van der Waals surface area contributed by atoms with E-state index in [1.807, 2.05) is 6.92 Å². The molecule has 27 heavy (non-hydrogen) atoms. The van der Waals surface area contributed by atoms with Crippen molar-refractivity contribution >= 4 is 5.96 Å². The normalized spacial score (nSPS) is 30.0. The van der Waals surface area contributed by atoms with Crippen molar-refractivity contribution in [1.82, 2.24) is 20.4 Å². The van der Waals surface area contributed by atoms with Crippen molar-refractivity contribution in [2.45, 2.75) is 44.4 Å². The minimum absolute atomic E-state index is 0.192. The van der Waals surface area contributed by atoms with Gasteiger partial charge in [-0.2, -0.15) is 0 Å². The molecule has 0 radical (unpaired) electrons. The quantitative estimate of drug-likeness (QED) is 0.403. The van der Waals surface area contributed by atoms with Crippen LogP contribution in [0.2, 0.25) is 0 Å². The summed E-state index contributed by atoms with van der Waals surface area (Å²) in [6.45, 7) is 12.7. The molecule has 3 rings (SSSR count). The Hall–Kier alpha value is -0.930. The van der Waals surface area contributed by atoms with Gasteiger partial charge < -0.3 is 25.2 Å². The number of hydrogen-bond donors (Lipinski definition) is 3. The first-order valence-corrected chi connectivity index (χ1v) is 10.5. The first-order valence-electron chi connectivity index (χ1n) is 10.5. The summed E-state index contributed by atoms with van der Waals surface area (Å²) in [4.78, 5) is 9.41. The third-order valence-electron chi connectivity index (χ3n) is 5.55. The summed E-state index contributed by atoms with van der Waals surface area (Å²) < 4.78 is 11.4. The second-order valence-electron chi connectivity index (χ2n) is 8.21. The predicted octanol–water partition coefficient (Wildman–Crippen LogP) is -0.512. The molecule has 0 amide bonds. The molecule has 0 spiro atoms. The Morgan fingerprint density at radius 1 is 1.26 bits per heavy atom. The lowest BCUT2D eigenvalue weighted by atomic mass is 10.1. The van der Waals surface area contributed by atoms with E-state index in [0.29, 0.717) is 19.1 Å². The molecule has 3 unspecified atom stereocenters. The van der Waals surface area contributed by atoms with Crippen molar-refractivity contribution in [3.63, 3.8) is 0 Å². The Morgan fingerprint density at radius 2 is 2.07 bits per heavy atom. The lowest BCUT2D eigenvalue weighted by Gasteiger charge is -2.35. The molecular weight excluding hydrogens is 346 g/mol. The van der Waals surface area contributed by atoms with E-state index in [1.54, 1.807) is 0 Å². The Morgan fingerprint density at radius 3 is 2.85 bits per heavy atom. The highest BCUT2D eigenvalue weighted by molar-refractivity contribution is 5.79. The SMILES string of the molecule is CCNC(=NCC(C)(O)CN1CCOCC1)NCC1CN2CCCC2CO1. The van der Waals surface area contributed by atoms with Crippen molar-refractivity contribution < 1.29 is 14.6 Å². The van der Waals surface area contributed by atoms with Gasteiger partial charge in [0.15, 0.2) is 5.96 Å². The molecule has 0 aromatic heterocycles. The minimum atomic E-state index is -0.857. The first kappa shape index (κ1) is 20.8. The summed E-state index contributed by atoms with van der Waals surface area (Å²) in [6.07, 6.45) is 2.75. The Kier molecular flexibility index (Phi) is 7.72. The van der Waals surface area contributed by atoms with Gasteiger partial charge in [0.05, 0.1) is 38.1 Å². The zero-order valence-electron chi connectivity index (χ0n) is 17.0. The molecule has 3 N–H and O–H groups in total. The van der Waals surface area contributed by atoms with Gasteiger partial charge in [0.25, 0.3) is 0 Å². The topological polar surface area (TPSA) is 81.6 Å². The molecule has 3 aliphatic rings. The van der Waals surface area contributed by atoms with Crippen LogP contribution in [0.15, 0.2) is 4.99 Å². The molecule has 156 valence electrons. The van der Waals surface area contributed by atoms with Gasteiger partial charge in [-0.25, -0.2) is 0 Å². The molecule has 3 atom stereocenters. The fourth-order valence-electron chi connectivity index (χ4n) is 4.10. The number of rotatable bonds is 7. The molecule has 3 fully saturated rings. The number of β-amino-alcohol motifs (C(OH)–C–C–N with tert-alkyl or cyclic N) is 1. The maximum absolute atomic E-state index is 10.7. The fraction of sp³-hybridized carbons (Fsp3) is 0.947. The molecule has 0 saturated carbocycles. The molecule has 0 bridgehead atoms. The van der Waals surface area contributed by atoms with Crippen molar-refractivity contribution in [3.05, 3.63) is 0 Å². The Labute approximate surface area is 163 Å². The number of aliphatic imine (C=N–C) groups is 1. The largest absolute Gasteiger partial charge is 0.387 e. The van der Waals surface area contributed by atoms with Crippen LogP contribution in [0.25, 0.3) is 0 Å². The maximum atomic E-state index is 10.7. The third kappa shape index (κ3) is 6.57. The third-order valence-corrected chi connectivity index (χ3v) is 5.55. The van der Waals surface area contributed by atoms with Crippen LogP contribution in [0.3, 0.4) is 0 Å². The zero-order chi connectivity index (χ0) is 19.1. The second kappa shape index (κ2) is 10.0. The van der Waals surface area contributed by atoms with Crippen LogP contribution in [-0.4, -0.2) is 111 Å². The van der Waals surface area contributed by atoms with Gasteiger partial charge in [0.2, 0.25) is 0 Å². The molecular formula is C19H37N5O3. The van der Waals surface area contributed by atoms with E-state index in [0.717, 1.165) is 58.5 Å². The number of nitrogens with zero attached hydrogens (tertiary/aromatic N) is 3. The first-order chi connectivity index (χ1) is 13.1. The number of nitrogens with one attached hydrogen (secondary N) is 2. The van der Waals surface area contributed by atoms with Crippen molar-refractivity contribution in [1.29, 1.82) is 0 Å². The van der Waals surface area contributed by atoms with Crippen LogP contribution >= 0.6 is 0 Å². The standard InChI is InChI=1S/C19H37N5O3/c1-3-20-18(21-11-17-12-24-6-4-5-16(24)13-27-17)22-14-19(2,25)15-23-7-9-26-10-8-23/h16-17,25H,3-15H2,1-2H3,(H2,20,21,22). The van der Waals surface area contributed by atoms with E-state index in [1.165, 1.54) is 19.4 Å². The smallest absolute Gasteiger partial charge is 0.191 e. The number of aliphatic hydroxyl groups is 1. The molecule has 0 aromatic rings. The Bertz CT molecular complexity index is 482. The molecule has 0 aliphatic carbocycles. The lowest BCUT2D eigenvalue weighted by molar-refractivity contribution is -0.0453. The van der Waals surface area contributed by atoms with Crippen LogP contribution in [-0.2, 0) is 9.47 Å². The minimum Gasteiger partial charge on any atom is -0.387 e. The number of ether oxygens (including phenoxy) is 2. The zero-order valence-corrected chi connectivity index (χ0v) is 17.0. The molecule has 3 saturated heterocycles. The average Bonchev–Trinajstić information content (AvgIpc) is 3.12. The molecule has 8 heteroatoms. The second-order valence-corrected chi connectivity index (χ2v) is 8.21. The van der Waals surface area contributed by atoms with Gasteiger partial charge in [0, 0.05) is 45.3 Å². The van der Waals surface area contributed by atoms with Crippen molar-refractivity contribution in [2.24, 2.45) is 4.99 Å². The number of hydrogen-bond acceptors (Lipinski definition) is 6. The van der Waals surface area contributed by atoms with Gasteiger partial charge >= 0.3 is 0 Å². The van der Waals surface area contributed by atoms with Crippen LogP contribution in [0.4, 0.5) is 0 Å². The summed E-state index contributed by atoms with van der Waals surface area (Å²) in [7, 11) is 0. The highest BCUT2D eigenvalue weighted by atomic mass is 16.5. The van der Waals surface area contributed by atoms with Crippen molar-refractivity contribution in [2.75, 3.05) is 72.2 Å². The monoisotopic (exact) mass is 383 g/mol. The van der Waals surface area contributed by atoms with Gasteiger partial charge in [-0.1, -0.05) is 0 Å². The number of morpholine rings is 2. The molecule has 3 heterocycles. The lowest BCUT2D eigenvalue weighted by Crippen LogP contribution is -2.52. The predicted molar refractivity (Wildman–Crippen MR) is 106 cm³/mol. The number of guanidine groups is 1. The highest BCUT2D eigenvalue weighted by Crippen LogP contribution is 2.22. The maximum Gasteiger partial charge on any atom is 0.191 e. The van der Waals surface area contributed by atoms with Crippen molar-refractivity contribution in [3.8, 4) is 0 Å². The average molecular weight is 384 g/mol. The highest BCUT2D eigenvalue weighted by Gasteiger charge is 2.32. The van der Waals surface area contributed by atoms with E-state index in [-0.39, 0.29) is 6.10 Å². The summed E-state index contributed by atoms with van der Waals surface area (Å²) in [6, 6.07) is 0.624. The van der Waals surface area contributed by atoms with Crippen LogP contribution in [0.1, 0.15) is 26.7 Å².